The van der Waals surface area contributed by atoms with E-state index >= 15 is 0 Å². The van der Waals surface area contributed by atoms with Crippen LogP contribution in [0.25, 0.3) is 11.2 Å². The van der Waals surface area contributed by atoms with E-state index in [9.17, 15) is 9.18 Å². The minimum Gasteiger partial charge on any atom is -0.350 e. The summed E-state index contributed by atoms with van der Waals surface area (Å²) in [6, 6.07) is 18.0. The van der Waals surface area contributed by atoms with Crippen molar-refractivity contribution in [3.63, 3.8) is 0 Å². The van der Waals surface area contributed by atoms with Crippen LogP contribution in [0.1, 0.15) is 36.3 Å². The van der Waals surface area contributed by atoms with Gasteiger partial charge in [0.05, 0.1) is 12.6 Å². The quantitative estimate of drug-likeness (QED) is 0.395. The van der Waals surface area contributed by atoms with E-state index in [1.807, 2.05) is 47.9 Å². The number of hydrogen-bond acceptors (Lipinski definition) is 3. The van der Waals surface area contributed by atoms with Gasteiger partial charge >= 0.3 is 0 Å². The number of amides is 1. The summed E-state index contributed by atoms with van der Waals surface area (Å²) in [4.78, 5) is 21.7. The SMILES string of the molecule is C[C@H](NC(=O)CCc1nc2cccnc2n1Cc1ccc(F)cc1)c1ccc(Br)cc1. The number of nitrogens with one attached hydrogen (secondary N) is 1. The number of nitrogens with zero attached hydrogens (tertiary/aromatic N) is 3. The number of aryl methyl sites for hydroxylation is 1. The lowest BCUT2D eigenvalue weighted by atomic mass is 10.1. The molecule has 0 unspecified atom stereocenters. The maximum absolute atomic E-state index is 13.3. The number of hydrogen-bond donors (Lipinski definition) is 1. The van der Waals surface area contributed by atoms with Crippen LogP contribution in [0.4, 0.5) is 4.39 Å². The van der Waals surface area contributed by atoms with Gasteiger partial charge in [0.2, 0.25) is 5.91 Å². The number of benzene rings is 2. The van der Waals surface area contributed by atoms with Crippen molar-refractivity contribution in [3.8, 4) is 0 Å². The summed E-state index contributed by atoms with van der Waals surface area (Å²) in [6.45, 7) is 2.48. The van der Waals surface area contributed by atoms with Gasteiger partial charge in [-0.2, -0.15) is 0 Å². The molecule has 7 heteroatoms. The van der Waals surface area contributed by atoms with E-state index in [0.717, 1.165) is 32.6 Å². The van der Waals surface area contributed by atoms with Crippen LogP contribution in [-0.4, -0.2) is 20.4 Å². The van der Waals surface area contributed by atoms with E-state index < -0.39 is 0 Å². The van der Waals surface area contributed by atoms with Gasteiger partial charge in [0, 0.05) is 23.5 Å². The summed E-state index contributed by atoms with van der Waals surface area (Å²) in [5.41, 5.74) is 3.53. The molecule has 31 heavy (non-hydrogen) atoms. The molecule has 1 N–H and O–H groups in total. The Morgan fingerprint density at radius 1 is 1.13 bits per heavy atom. The molecule has 0 radical (unpaired) electrons. The Labute approximate surface area is 188 Å². The van der Waals surface area contributed by atoms with Crippen molar-refractivity contribution < 1.29 is 9.18 Å². The van der Waals surface area contributed by atoms with Crippen LogP contribution in [0.2, 0.25) is 0 Å². The summed E-state index contributed by atoms with van der Waals surface area (Å²) in [7, 11) is 0. The van der Waals surface area contributed by atoms with Crippen molar-refractivity contribution in [2.24, 2.45) is 0 Å². The highest BCUT2D eigenvalue weighted by molar-refractivity contribution is 9.10. The molecule has 4 rings (SSSR count). The molecule has 158 valence electrons. The Morgan fingerprint density at radius 2 is 1.87 bits per heavy atom. The average Bonchev–Trinajstić information content (AvgIpc) is 3.11. The molecular formula is C24H22BrFN4O. The van der Waals surface area contributed by atoms with Gasteiger partial charge in [0.1, 0.15) is 17.2 Å². The van der Waals surface area contributed by atoms with E-state index in [1.165, 1.54) is 12.1 Å². The summed E-state index contributed by atoms with van der Waals surface area (Å²) in [5, 5.41) is 3.05. The number of pyridine rings is 1. The summed E-state index contributed by atoms with van der Waals surface area (Å²) < 4.78 is 16.3. The summed E-state index contributed by atoms with van der Waals surface area (Å²) in [6.07, 6.45) is 2.52. The third-order valence-electron chi connectivity index (χ3n) is 5.16. The zero-order valence-corrected chi connectivity index (χ0v) is 18.6. The predicted molar refractivity (Wildman–Crippen MR) is 122 cm³/mol. The van der Waals surface area contributed by atoms with Gasteiger partial charge in [-0.25, -0.2) is 14.4 Å². The monoisotopic (exact) mass is 480 g/mol. The van der Waals surface area contributed by atoms with Gasteiger partial charge in [0.25, 0.3) is 0 Å². The van der Waals surface area contributed by atoms with Gasteiger partial charge in [-0.1, -0.05) is 40.2 Å². The van der Waals surface area contributed by atoms with E-state index in [4.69, 9.17) is 0 Å². The predicted octanol–water partition coefficient (Wildman–Crippen LogP) is 5.19. The highest BCUT2D eigenvalue weighted by Crippen LogP contribution is 2.19. The van der Waals surface area contributed by atoms with E-state index in [1.54, 1.807) is 18.3 Å². The molecule has 1 atom stereocenters. The highest BCUT2D eigenvalue weighted by atomic mass is 79.9. The molecule has 2 heterocycles. The molecule has 2 aromatic heterocycles. The molecule has 0 aliphatic heterocycles. The van der Waals surface area contributed by atoms with E-state index in [2.05, 4.69) is 31.2 Å². The van der Waals surface area contributed by atoms with Gasteiger partial charge in [-0.3, -0.25) is 4.79 Å². The lowest BCUT2D eigenvalue weighted by molar-refractivity contribution is -0.121. The Morgan fingerprint density at radius 3 is 2.61 bits per heavy atom. The third-order valence-corrected chi connectivity index (χ3v) is 5.69. The van der Waals surface area contributed by atoms with Crippen LogP contribution in [0.5, 0.6) is 0 Å². The Hall–Kier alpha value is -3.06. The maximum Gasteiger partial charge on any atom is 0.220 e. The Balaban J connectivity index is 1.48. The normalized spacial score (nSPS) is 12.1. The number of halogens is 2. The topological polar surface area (TPSA) is 59.8 Å². The number of rotatable bonds is 7. The van der Waals surface area contributed by atoms with Crippen LogP contribution in [0.15, 0.2) is 71.3 Å². The van der Waals surface area contributed by atoms with Crippen LogP contribution < -0.4 is 5.32 Å². The fourth-order valence-corrected chi connectivity index (χ4v) is 3.77. The van der Waals surface area contributed by atoms with Gasteiger partial charge in [0.15, 0.2) is 5.65 Å². The minimum atomic E-state index is -0.269. The molecule has 0 spiro atoms. The number of imidazole rings is 1. The molecule has 0 saturated heterocycles. The van der Waals surface area contributed by atoms with Crippen molar-refractivity contribution in [1.82, 2.24) is 19.9 Å². The van der Waals surface area contributed by atoms with Gasteiger partial charge < -0.3 is 9.88 Å². The second kappa shape index (κ2) is 9.39. The second-order valence-corrected chi connectivity index (χ2v) is 8.34. The zero-order valence-electron chi connectivity index (χ0n) is 17.1. The van der Waals surface area contributed by atoms with Crippen molar-refractivity contribution in [3.05, 3.63) is 94.1 Å². The van der Waals surface area contributed by atoms with Crippen molar-refractivity contribution >= 4 is 33.0 Å². The molecular weight excluding hydrogens is 459 g/mol. The standard InChI is InChI=1S/C24H22BrFN4O/c1-16(18-6-8-19(25)9-7-18)28-23(31)13-12-22-29-21-3-2-14-27-24(21)30(22)15-17-4-10-20(26)11-5-17/h2-11,14,16H,12-13,15H2,1H3,(H,28,31)/t16-/m0/s1. The smallest absolute Gasteiger partial charge is 0.220 e. The third kappa shape index (κ3) is 5.17. The van der Waals surface area contributed by atoms with Crippen molar-refractivity contribution in [2.75, 3.05) is 0 Å². The molecule has 0 saturated carbocycles. The van der Waals surface area contributed by atoms with E-state index in [0.29, 0.717) is 19.4 Å². The second-order valence-electron chi connectivity index (χ2n) is 7.43. The Kier molecular flexibility index (Phi) is 6.42. The molecule has 0 aliphatic carbocycles. The number of aromatic nitrogens is 3. The first kappa shape index (κ1) is 21.2. The summed E-state index contributed by atoms with van der Waals surface area (Å²) >= 11 is 3.42. The molecule has 5 nitrogen and oxygen atoms in total. The first-order valence-corrected chi connectivity index (χ1v) is 10.9. The Bertz CT molecular complexity index is 1190. The average molecular weight is 481 g/mol. The molecule has 0 aliphatic rings. The van der Waals surface area contributed by atoms with Crippen molar-refractivity contribution in [2.45, 2.75) is 32.4 Å². The lowest BCUT2D eigenvalue weighted by Crippen LogP contribution is -2.27. The number of carbonyl (C=O) groups excluding carboxylic acids is 1. The van der Waals surface area contributed by atoms with Crippen LogP contribution >= 0.6 is 15.9 Å². The minimum absolute atomic E-state index is 0.0382. The maximum atomic E-state index is 13.3. The molecule has 4 aromatic rings. The van der Waals surface area contributed by atoms with E-state index in [-0.39, 0.29) is 17.8 Å². The molecule has 1 amide bonds. The van der Waals surface area contributed by atoms with Crippen molar-refractivity contribution in [1.29, 1.82) is 0 Å². The fraction of sp³-hybridized carbons (Fsp3) is 0.208. The number of carbonyl (C=O) groups is 1. The van der Waals surface area contributed by atoms with Crippen LogP contribution in [0, 0.1) is 5.82 Å². The first-order chi connectivity index (χ1) is 15.0. The largest absolute Gasteiger partial charge is 0.350 e. The lowest BCUT2D eigenvalue weighted by Gasteiger charge is -2.15. The van der Waals surface area contributed by atoms with Gasteiger partial charge in [-0.05, 0) is 54.4 Å². The molecule has 0 bridgehead atoms. The van der Waals surface area contributed by atoms with Crippen LogP contribution in [-0.2, 0) is 17.8 Å². The molecule has 2 aromatic carbocycles. The number of fused-ring (bicyclic) bond motifs is 1. The van der Waals surface area contributed by atoms with Crippen LogP contribution in [0.3, 0.4) is 0 Å². The zero-order chi connectivity index (χ0) is 21.8. The fourth-order valence-electron chi connectivity index (χ4n) is 3.51. The first-order valence-electron chi connectivity index (χ1n) is 10.1. The summed E-state index contributed by atoms with van der Waals surface area (Å²) in [5.74, 6) is 0.474. The molecule has 0 fully saturated rings. The highest BCUT2D eigenvalue weighted by Gasteiger charge is 2.15. The van der Waals surface area contributed by atoms with Gasteiger partial charge in [-0.15, -0.1) is 0 Å².